The van der Waals surface area contributed by atoms with E-state index in [4.69, 9.17) is 19.4 Å². The molecule has 56 heavy (non-hydrogen) atoms. The Morgan fingerprint density at radius 3 is 1.48 bits per heavy atom. The molecule has 0 N–H and O–H groups in total. The molecule has 0 bridgehead atoms. The molecule has 0 amide bonds. The Morgan fingerprint density at radius 2 is 0.804 bits per heavy atom. The van der Waals surface area contributed by atoms with Gasteiger partial charge in [0.2, 0.25) is 0 Å². The number of hydrogen-bond donors (Lipinski definition) is 0. The summed E-state index contributed by atoms with van der Waals surface area (Å²) in [4.78, 5) is 15.0. The zero-order valence-corrected chi connectivity index (χ0v) is 30.9. The molecule has 0 aliphatic heterocycles. The second kappa shape index (κ2) is 13.3. The summed E-state index contributed by atoms with van der Waals surface area (Å²) in [6.07, 6.45) is 0. The number of furan rings is 1. The van der Waals surface area contributed by atoms with Crippen LogP contribution in [0, 0.1) is 0 Å². The highest BCUT2D eigenvalue weighted by atomic mass is 32.1. The zero-order valence-electron chi connectivity index (χ0n) is 30.1. The Labute approximate surface area is 327 Å². The third kappa shape index (κ3) is 5.56. The van der Waals surface area contributed by atoms with Crippen molar-refractivity contribution in [1.29, 1.82) is 0 Å². The number of aromatic nitrogens is 3. The van der Waals surface area contributed by atoms with Crippen molar-refractivity contribution >= 4 is 53.4 Å². The molecule has 5 heteroatoms. The van der Waals surface area contributed by atoms with Crippen molar-refractivity contribution in [3.63, 3.8) is 0 Å². The molecule has 0 unspecified atom stereocenters. The van der Waals surface area contributed by atoms with Gasteiger partial charge >= 0.3 is 0 Å². The first kappa shape index (κ1) is 32.2. The molecule has 8 aromatic carbocycles. The summed E-state index contributed by atoms with van der Waals surface area (Å²) in [5.41, 5.74) is 11.4. The van der Waals surface area contributed by atoms with Crippen molar-refractivity contribution in [1.82, 2.24) is 15.0 Å². The second-order valence-electron chi connectivity index (χ2n) is 14.0. The maximum atomic E-state index is 6.71. The van der Waals surface area contributed by atoms with Crippen LogP contribution in [-0.2, 0) is 0 Å². The maximum absolute atomic E-state index is 6.71. The van der Waals surface area contributed by atoms with Gasteiger partial charge in [0.15, 0.2) is 17.5 Å². The van der Waals surface area contributed by atoms with Crippen LogP contribution >= 0.6 is 11.3 Å². The van der Waals surface area contributed by atoms with Crippen LogP contribution in [0.5, 0.6) is 0 Å². The number of rotatable bonds is 6. The van der Waals surface area contributed by atoms with Crippen LogP contribution in [-0.4, -0.2) is 15.0 Å². The first-order chi connectivity index (χ1) is 27.7. The summed E-state index contributed by atoms with van der Waals surface area (Å²) in [5, 5.41) is 4.67. The van der Waals surface area contributed by atoms with Gasteiger partial charge in [0.25, 0.3) is 0 Å². The lowest BCUT2D eigenvalue weighted by Gasteiger charge is -2.12. The molecule has 0 fully saturated rings. The van der Waals surface area contributed by atoms with Gasteiger partial charge in [-0.3, -0.25) is 0 Å². The molecule has 0 aliphatic rings. The molecule has 11 rings (SSSR count). The van der Waals surface area contributed by atoms with Gasteiger partial charge in [-0.25, -0.2) is 15.0 Å². The fourth-order valence-corrected chi connectivity index (χ4v) is 9.07. The van der Waals surface area contributed by atoms with Crippen LogP contribution in [0.25, 0.3) is 110 Å². The SMILES string of the molecule is c1ccc(-c2ccc(-c3nc(-c4ccccc4)nc(-c4ccc5c(c4)oc4cc(-c6c(-c7ccccc7)ccc7c6sc6ccccc67)ccc45)n3)cc2)cc1. The van der Waals surface area contributed by atoms with Gasteiger partial charge in [-0.15, -0.1) is 11.3 Å². The van der Waals surface area contributed by atoms with Crippen molar-refractivity contribution in [3.05, 3.63) is 188 Å². The van der Waals surface area contributed by atoms with E-state index in [9.17, 15) is 0 Å². The van der Waals surface area contributed by atoms with Crippen LogP contribution in [0.1, 0.15) is 0 Å². The highest BCUT2D eigenvalue weighted by Crippen LogP contribution is 2.46. The Balaban J connectivity index is 1.03. The van der Waals surface area contributed by atoms with E-state index < -0.39 is 0 Å². The van der Waals surface area contributed by atoms with E-state index in [0.717, 1.165) is 49.8 Å². The highest BCUT2D eigenvalue weighted by molar-refractivity contribution is 7.26. The van der Waals surface area contributed by atoms with Crippen LogP contribution in [0.2, 0.25) is 0 Å². The average Bonchev–Trinajstić information content (AvgIpc) is 3.84. The van der Waals surface area contributed by atoms with E-state index in [2.05, 4.69) is 152 Å². The molecule has 0 saturated carbocycles. The number of hydrogen-bond acceptors (Lipinski definition) is 5. The third-order valence-corrected chi connectivity index (χ3v) is 11.8. The van der Waals surface area contributed by atoms with Gasteiger partial charge in [-0.2, -0.15) is 0 Å². The molecule has 0 radical (unpaired) electrons. The van der Waals surface area contributed by atoms with Crippen molar-refractivity contribution in [2.45, 2.75) is 0 Å². The van der Waals surface area contributed by atoms with Crippen LogP contribution in [0.4, 0.5) is 0 Å². The minimum absolute atomic E-state index is 0.591. The standard InChI is InChI=1S/C51H31N3OS/c1-4-12-32(13-5-1)33-20-22-36(23-21-33)50-52-49(35-16-8-3-9-17-35)53-51(54-50)38-25-27-41-40-26-24-37(30-44(40)55-45(41)31-38)47-39(34-14-6-2-7-15-34)28-29-43-42-18-10-11-19-46(42)56-48(43)47/h1-31H. The van der Waals surface area contributed by atoms with Gasteiger partial charge in [0.1, 0.15) is 11.2 Å². The van der Waals surface area contributed by atoms with Crippen molar-refractivity contribution < 1.29 is 4.42 Å². The monoisotopic (exact) mass is 733 g/mol. The lowest BCUT2D eigenvalue weighted by Crippen LogP contribution is -2.00. The Kier molecular flexibility index (Phi) is 7.64. The van der Waals surface area contributed by atoms with E-state index in [0.29, 0.717) is 17.5 Å². The van der Waals surface area contributed by atoms with Crippen LogP contribution in [0.15, 0.2) is 192 Å². The molecular formula is C51H31N3OS. The summed E-state index contributed by atoms with van der Waals surface area (Å²) in [7, 11) is 0. The van der Waals surface area contributed by atoms with Crippen LogP contribution in [0.3, 0.4) is 0 Å². The molecule has 3 aromatic heterocycles. The van der Waals surface area contributed by atoms with Crippen LogP contribution < -0.4 is 0 Å². The molecule has 4 nitrogen and oxygen atoms in total. The van der Waals surface area contributed by atoms with E-state index in [1.165, 1.54) is 42.4 Å². The molecular weight excluding hydrogens is 703 g/mol. The molecule has 0 aliphatic carbocycles. The van der Waals surface area contributed by atoms with E-state index >= 15 is 0 Å². The summed E-state index contributed by atoms with van der Waals surface area (Å²) >= 11 is 1.85. The first-order valence-electron chi connectivity index (χ1n) is 18.7. The fraction of sp³-hybridized carbons (Fsp3) is 0. The lowest BCUT2D eigenvalue weighted by molar-refractivity contribution is 0.669. The van der Waals surface area contributed by atoms with E-state index in [-0.39, 0.29) is 0 Å². The summed E-state index contributed by atoms with van der Waals surface area (Å²) in [6, 6.07) is 65.7. The minimum atomic E-state index is 0.591. The largest absolute Gasteiger partial charge is 0.456 e. The van der Waals surface area contributed by atoms with Gasteiger partial charge in [-0.05, 0) is 58.1 Å². The van der Waals surface area contributed by atoms with Crippen molar-refractivity contribution in [2.24, 2.45) is 0 Å². The fourth-order valence-electron chi connectivity index (χ4n) is 7.80. The molecule has 0 saturated heterocycles. The number of fused-ring (bicyclic) bond motifs is 6. The maximum Gasteiger partial charge on any atom is 0.164 e. The third-order valence-electron chi connectivity index (χ3n) is 10.6. The number of benzene rings is 8. The van der Waals surface area contributed by atoms with Gasteiger partial charge in [-0.1, -0.05) is 158 Å². The Morgan fingerprint density at radius 1 is 0.339 bits per heavy atom. The van der Waals surface area contributed by atoms with Crippen molar-refractivity contribution in [2.75, 3.05) is 0 Å². The summed E-state index contributed by atoms with van der Waals surface area (Å²) in [6.45, 7) is 0. The van der Waals surface area contributed by atoms with Gasteiger partial charge in [0.05, 0.1) is 0 Å². The minimum Gasteiger partial charge on any atom is -0.456 e. The molecule has 3 heterocycles. The highest BCUT2D eigenvalue weighted by Gasteiger charge is 2.19. The van der Waals surface area contributed by atoms with Gasteiger partial charge < -0.3 is 4.42 Å². The Bertz CT molecular complexity index is 3230. The number of nitrogens with zero attached hydrogens (tertiary/aromatic N) is 3. The molecule has 0 atom stereocenters. The van der Waals surface area contributed by atoms with Crippen molar-refractivity contribution in [3.8, 4) is 67.5 Å². The zero-order chi connectivity index (χ0) is 37.0. The van der Waals surface area contributed by atoms with E-state index in [1.54, 1.807) is 0 Å². The predicted molar refractivity (Wildman–Crippen MR) is 233 cm³/mol. The smallest absolute Gasteiger partial charge is 0.164 e. The number of thiophene rings is 1. The average molecular weight is 734 g/mol. The first-order valence-corrected chi connectivity index (χ1v) is 19.5. The topological polar surface area (TPSA) is 51.8 Å². The lowest BCUT2D eigenvalue weighted by atomic mass is 9.92. The molecule has 0 spiro atoms. The normalized spacial score (nSPS) is 11.6. The summed E-state index contributed by atoms with van der Waals surface area (Å²) < 4.78 is 9.27. The summed E-state index contributed by atoms with van der Waals surface area (Å²) in [5.74, 6) is 1.83. The predicted octanol–water partition coefficient (Wildman–Crippen LogP) is 14.1. The quantitative estimate of drug-likeness (QED) is 0.171. The second-order valence-corrected chi connectivity index (χ2v) is 15.0. The Hall–Kier alpha value is -7.21. The van der Waals surface area contributed by atoms with E-state index in [1.807, 2.05) is 47.7 Å². The van der Waals surface area contributed by atoms with Gasteiger partial charge in [0, 0.05) is 53.2 Å². The molecule has 11 aromatic rings. The molecule has 262 valence electrons.